The molecule has 0 amide bonds. The van der Waals surface area contributed by atoms with Crippen LogP contribution in [0.15, 0.2) is 48.5 Å². The van der Waals surface area contributed by atoms with E-state index in [1.165, 1.54) is 0 Å². The Morgan fingerprint density at radius 1 is 1.00 bits per heavy atom. The SMILES string of the molecule is O=Cc1cccc(C(=O)c2cccc(Cl)c2)c1. The molecule has 0 unspecified atom stereocenters. The lowest BCUT2D eigenvalue weighted by Gasteiger charge is -2.02. The molecule has 0 saturated carbocycles. The van der Waals surface area contributed by atoms with Gasteiger partial charge in [-0.05, 0) is 18.2 Å². The molecule has 0 N–H and O–H groups in total. The number of ketones is 1. The molecule has 2 aromatic carbocycles. The van der Waals surface area contributed by atoms with E-state index < -0.39 is 0 Å². The highest BCUT2D eigenvalue weighted by atomic mass is 35.5. The number of benzene rings is 2. The fourth-order valence-electron chi connectivity index (χ4n) is 1.55. The Morgan fingerprint density at radius 2 is 1.65 bits per heavy atom. The third-order valence-electron chi connectivity index (χ3n) is 2.37. The monoisotopic (exact) mass is 244 g/mol. The van der Waals surface area contributed by atoms with Crippen molar-refractivity contribution in [1.82, 2.24) is 0 Å². The topological polar surface area (TPSA) is 34.1 Å². The Morgan fingerprint density at radius 3 is 2.29 bits per heavy atom. The fourth-order valence-corrected chi connectivity index (χ4v) is 1.74. The third-order valence-corrected chi connectivity index (χ3v) is 2.61. The van der Waals surface area contributed by atoms with Crippen LogP contribution >= 0.6 is 11.6 Å². The van der Waals surface area contributed by atoms with Gasteiger partial charge in [-0.1, -0.05) is 41.9 Å². The summed E-state index contributed by atoms with van der Waals surface area (Å²) in [6.07, 6.45) is 0.717. The summed E-state index contributed by atoms with van der Waals surface area (Å²) in [5, 5.41) is 0.516. The van der Waals surface area contributed by atoms with E-state index in [1.807, 2.05) is 0 Å². The van der Waals surface area contributed by atoms with Gasteiger partial charge < -0.3 is 0 Å². The molecule has 0 heterocycles. The Bertz CT molecular complexity index is 576. The first-order valence-electron chi connectivity index (χ1n) is 5.06. The molecule has 3 heteroatoms. The van der Waals surface area contributed by atoms with Crippen molar-refractivity contribution >= 4 is 23.7 Å². The largest absolute Gasteiger partial charge is 0.298 e. The van der Waals surface area contributed by atoms with Gasteiger partial charge in [-0.15, -0.1) is 0 Å². The molecule has 2 rings (SSSR count). The predicted octanol–water partition coefficient (Wildman–Crippen LogP) is 3.38. The molecule has 0 atom stereocenters. The van der Waals surface area contributed by atoms with Gasteiger partial charge in [0.25, 0.3) is 0 Å². The zero-order valence-electron chi connectivity index (χ0n) is 8.89. The molecule has 0 bridgehead atoms. The van der Waals surface area contributed by atoms with Crippen LogP contribution < -0.4 is 0 Å². The molecular weight excluding hydrogens is 236 g/mol. The number of carbonyl (C=O) groups excluding carboxylic acids is 2. The van der Waals surface area contributed by atoms with Crippen LogP contribution in [0.5, 0.6) is 0 Å². The maximum Gasteiger partial charge on any atom is 0.193 e. The van der Waals surface area contributed by atoms with Crippen molar-refractivity contribution in [2.24, 2.45) is 0 Å². The quantitative estimate of drug-likeness (QED) is 0.613. The fraction of sp³-hybridized carbons (Fsp3) is 0. The molecule has 0 radical (unpaired) electrons. The summed E-state index contributed by atoms with van der Waals surface area (Å²) in [6, 6.07) is 13.3. The van der Waals surface area contributed by atoms with Crippen LogP contribution in [0.1, 0.15) is 26.3 Å². The minimum absolute atomic E-state index is 0.142. The third kappa shape index (κ3) is 2.60. The zero-order chi connectivity index (χ0) is 12.3. The number of hydrogen-bond donors (Lipinski definition) is 0. The van der Waals surface area contributed by atoms with Gasteiger partial charge in [-0.25, -0.2) is 0 Å². The van der Waals surface area contributed by atoms with E-state index in [4.69, 9.17) is 11.6 Å². The van der Waals surface area contributed by atoms with Gasteiger partial charge in [0.2, 0.25) is 0 Å². The van der Waals surface area contributed by atoms with Crippen molar-refractivity contribution < 1.29 is 9.59 Å². The lowest BCUT2D eigenvalue weighted by Crippen LogP contribution is -2.01. The summed E-state index contributed by atoms with van der Waals surface area (Å²) >= 11 is 5.83. The van der Waals surface area contributed by atoms with Crippen molar-refractivity contribution in [2.45, 2.75) is 0 Å². The number of rotatable bonds is 3. The first kappa shape index (κ1) is 11.6. The van der Waals surface area contributed by atoms with Crippen LogP contribution in [0.4, 0.5) is 0 Å². The molecular formula is C14H9ClO2. The van der Waals surface area contributed by atoms with Gasteiger partial charge in [0.15, 0.2) is 5.78 Å². The molecule has 0 aromatic heterocycles. The van der Waals surface area contributed by atoms with Crippen molar-refractivity contribution in [3.05, 3.63) is 70.2 Å². The van der Waals surface area contributed by atoms with Crippen LogP contribution in [0, 0.1) is 0 Å². The summed E-state index contributed by atoms with van der Waals surface area (Å²) in [6.45, 7) is 0. The highest BCUT2D eigenvalue weighted by Gasteiger charge is 2.09. The van der Waals surface area contributed by atoms with Gasteiger partial charge >= 0.3 is 0 Å². The molecule has 17 heavy (non-hydrogen) atoms. The molecule has 0 aliphatic rings. The molecule has 0 fully saturated rings. The average Bonchev–Trinajstić information content (AvgIpc) is 2.38. The van der Waals surface area contributed by atoms with Crippen molar-refractivity contribution in [1.29, 1.82) is 0 Å². The van der Waals surface area contributed by atoms with Gasteiger partial charge in [-0.3, -0.25) is 9.59 Å². The second kappa shape index (κ2) is 4.93. The Kier molecular flexibility index (Phi) is 3.35. The molecule has 84 valence electrons. The summed E-state index contributed by atoms with van der Waals surface area (Å²) in [5.74, 6) is -0.142. The number of hydrogen-bond acceptors (Lipinski definition) is 2. The Hall–Kier alpha value is -1.93. The van der Waals surface area contributed by atoms with Crippen molar-refractivity contribution in [2.75, 3.05) is 0 Å². The van der Waals surface area contributed by atoms with Gasteiger partial charge in [0, 0.05) is 21.7 Å². The maximum absolute atomic E-state index is 12.1. The Labute approximate surface area is 104 Å². The second-order valence-electron chi connectivity index (χ2n) is 3.58. The predicted molar refractivity (Wildman–Crippen MR) is 66.7 cm³/mol. The lowest BCUT2D eigenvalue weighted by atomic mass is 10.0. The molecule has 0 saturated heterocycles. The van der Waals surface area contributed by atoms with E-state index in [9.17, 15) is 9.59 Å². The minimum atomic E-state index is -0.142. The zero-order valence-corrected chi connectivity index (χ0v) is 9.65. The van der Waals surface area contributed by atoms with Crippen LogP contribution in [-0.2, 0) is 0 Å². The summed E-state index contributed by atoms with van der Waals surface area (Å²) in [7, 11) is 0. The van der Waals surface area contributed by atoms with E-state index in [1.54, 1.807) is 48.5 Å². The van der Waals surface area contributed by atoms with E-state index in [0.717, 1.165) is 6.29 Å². The maximum atomic E-state index is 12.1. The van der Waals surface area contributed by atoms with Gasteiger partial charge in [-0.2, -0.15) is 0 Å². The minimum Gasteiger partial charge on any atom is -0.298 e. The first-order valence-corrected chi connectivity index (χ1v) is 5.44. The molecule has 0 spiro atoms. The number of aldehydes is 1. The van der Waals surface area contributed by atoms with E-state index in [2.05, 4.69) is 0 Å². The number of halogens is 1. The highest BCUT2D eigenvalue weighted by molar-refractivity contribution is 6.31. The smallest absolute Gasteiger partial charge is 0.193 e. The van der Waals surface area contributed by atoms with E-state index in [0.29, 0.717) is 21.7 Å². The molecule has 2 nitrogen and oxygen atoms in total. The van der Waals surface area contributed by atoms with Gasteiger partial charge in [0.05, 0.1) is 0 Å². The molecule has 2 aromatic rings. The van der Waals surface area contributed by atoms with Crippen LogP contribution in [0.3, 0.4) is 0 Å². The molecule has 0 aliphatic heterocycles. The first-order chi connectivity index (χ1) is 8.20. The van der Waals surface area contributed by atoms with Gasteiger partial charge in [0.1, 0.15) is 6.29 Å². The van der Waals surface area contributed by atoms with Crippen LogP contribution in [-0.4, -0.2) is 12.1 Å². The van der Waals surface area contributed by atoms with Crippen LogP contribution in [0.25, 0.3) is 0 Å². The second-order valence-corrected chi connectivity index (χ2v) is 4.02. The molecule has 0 aliphatic carbocycles. The average molecular weight is 245 g/mol. The van der Waals surface area contributed by atoms with E-state index >= 15 is 0 Å². The highest BCUT2D eigenvalue weighted by Crippen LogP contribution is 2.15. The normalized spacial score (nSPS) is 9.94. The lowest BCUT2D eigenvalue weighted by molar-refractivity contribution is 0.103. The Balaban J connectivity index is 2.40. The summed E-state index contributed by atoms with van der Waals surface area (Å²) in [5.41, 5.74) is 1.48. The van der Waals surface area contributed by atoms with E-state index in [-0.39, 0.29) is 5.78 Å². The van der Waals surface area contributed by atoms with Crippen molar-refractivity contribution in [3.8, 4) is 0 Å². The summed E-state index contributed by atoms with van der Waals surface area (Å²) < 4.78 is 0. The number of carbonyl (C=O) groups is 2. The standard InChI is InChI=1S/C14H9ClO2/c15-13-6-2-5-12(8-13)14(17)11-4-1-3-10(7-11)9-16/h1-9H. The van der Waals surface area contributed by atoms with Crippen LogP contribution in [0.2, 0.25) is 5.02 Å². The summed E-state index contributed by atoms with van der Waals surface area (Å²) in [4.78, 5) is 22.7. The van der Waals surface area contributed by atoms with Crippen molar-refractivity contribution in [3.63, 3.8) is 0 Å².